The summed E-state index contributed by atoms with van der Waals surface area (Å²) in [6.45, 7) is 1.61. The number of rotatable bonds is 14. The molecule has 6 aromatic carbocycles. The Balaban J connectivity index is 0.000000176. The summed E-state index contributed by atoms with van der Waals surface area (Å²) in [4.78, 5) is 2.86. The Morgan fingerprint density at radius 2 is 1.08 bits per heavy atom. The monoisotopic (exact) mass is 1080 g/mol. The van der Waals surface area contributed by atoms with Crippen molar-refractivity contribution in [1.82, 2.24) is 0 Å². The van der Waals surface area contributed by atoms with Crippen LogP contribution >= 0.6 is 78.4 Å². The molecule has 1 aliphatic rings. The van der Waals surface area contributed by atoms with Crippen LogP contribution < -0.4 is 5.46 Å². The summed E-state index contributed by atoms with van der Waals surface area (Å²) in [5.41, 5.74) is 3.22. The van der Waals surface area contributed by atoms with Crippen LogP contribution in [0, 0.1) is 0 Å². The second kappa shape index (κ2) is 24.0. The van der Waals surface area contributed by atoms with Gasteiger partial charge in [0.1, 0.15) is 13.6 Å². The average Bonchev–Trinajstić information content (AvgIpc) is 3.62. The van der Waals surface area contributed by atoms with Gasteiger partial charge < -0.3 is 28.6 Å². The maximum atomic E-state index is 12.6. The lowest BCUT2D eigenvalue weighted by Crippen LogP contribution is -2.28. The number of fused-ring (bicyclic) bond motifs is 1. The highest BCUT2D eigenvalue weighted by atomic mass is 79.9. The van der Waals surface area contributed by atoms with Crippen LogP contribution in [-0.4, -0.2) is 56.8 Å². The number of sulfone groups is 2. The molecular formula is C43H38BBr2Cl3O10S3. The van der Waals surface area contributed by atoms with Gasteiger partial charge in [-0.2, -0.15) is 0 Å². The molecular weight excluding hydrogens is 1050 g/mol. The van der Waals surface area contributed by atoms with E-state index in [9.17, 15) is 21.9 Å². The molecule has 0 spiro atoms. The topological polar surface area (TPSA) is 135 Å². The van der Waals surface area contributed by atoms with Crippen LogP contribution in [0.4, 0.5) is 0 Å². The highest BCUT2D eigenvalue weighted by Crippen LogP contribution is 2.33. The number of methoxy groups -OCH3 is 2. The summed E-state index contributed by atoms with van der Waals surface area (Å²) >= 11 is 26.3. The fourth-order valence-corrected chi connectivity index (χ4v) is 11.2. The first-order valence-corrected chi connectivity index (χ1v) is 24.7. The maximum Gasteiger partial charge on any atom is 0.491 e. The second-order valence-electron chi connectivity index (χ2n) is 13.0. The smallest absolute Gasteiger partial charge is 0.423 e. The Kier molecular flexibility index (Phi) is 19.4. The third kappa shape index (κ3) is 14.1. The molecule has 62 heavy (non-hydrogen) atoms. The van der Waals surface area contributed by atoms with E-state index in [1.54, 1.807) is 67.4 Å². The molecule has 0 aliphatic carbocycles. The van der Waals surface area contributed by atoms with Crippen LogP contribution in [0.2, 0.25) is 15.1 Å². The minimum atomic E-state index is -3.66. The molecule has 19 heteroatoms. The molecule has 0 amide bonds. The number of ether oxygens (including phenoxy) is 4. The van der Waals surface area contributed by atoms with E-state index in [-0.39, 0.29) is 33.0 Å². The Bertz CT molecular complexity index is 2700. The zero-order valence-electron chi connectivity index (χ0n) is 33.0. The maximum absolute atomic E-state index is 12.6. The first-order chi connectivity index (χ1) is 29.6. The summed E-state index contributed by atoms with van der Waals surface area (Å²) in [6, 6.07) is 35.7. The van der Waals surface area contributed by atoms with Crippen molar-refractivity contribution in [3.63, 3.8) is 0 Å². The third-order valence-corrected chi connectivity index (χ3v) is 15.3. The van der Waals surface area contributed by atoms with E-state index in [2.05, 4.69) is 44.0 Å². The fraction of sp³-hybridized carbons (Fsp3) is 0.163. The molecule has 10 nitrogen and oxygen atoms in total. The minimum Gasteiger partial charge on any atom is -0.423 e. The van der Waals surface area contributed by atoms with E-state index in [0.29, 0.717) is 40.0 Å². The van der Waals surface area contributed by atoms with E-state index in [1.165, 1.54) is 43.5 Å². The number of hydrogen-bond acceptors (Lipinski definition) is 11. The van der Waals surface area contributed by atoms with Crippen LogP contribution in [0.1, 0.15) is 16.7 Å². The van der Waals surface area contributed by atoms with Gasteiger partial charge in [0, 0.05) is 48.0 Å². The predicted octanol–water partition coefficient (Wildman–Crippen LogP) is 10.8. The fourth-order valence-electron chi connectivity index (χ4n) is 5.56. The molecule has 0 aromatic heterocycles. The Labute approximate surface area is 398 Å². The molecule has 0 unspecified atom stereocenters. The van der Waals surface area contributed by atoms with Gasteiger partial charge in [0.25, 0.3) is 0 Å². The molecule has 7 rings (SSSR count). The van der Waals surface area contributed by atoms with Crippen LogP contribution in [0.15, 0.2) is 166 Å². The molecule has 0 saturated heterocycles. The summed E-state index contributed by atoms with van der Waals surface area (Å²) in [6.07, 6.45) is 0. The third-order valence-electron chi connectivity index (χ3n) is 8.61. The van der Waals surface area contributed by atoms with E-state index >= 15 is 0 Å². The van der Waals surface area contributed by atoms with Crippen LogP contribution in [-0.2, 0) is 63.1 Å². The van der Waals surface area contributed by atoms with Gasteiger partial charge in [-0.05, 0) is 113 Å². The molecule has 1 heterocycles. The largest absolute Gasteiger partial charge is 0.491 e. The molecule has 6 aromatic rings. The summed E-state index contributed by atoms with van der Waals surface area (Å²) in [5, 5.41) is 11.1. The van der Waals surface area contributed by atoms with E-state index in [0.717, 1.165) is 36.0 Å². The molecule has 1 N–H and O–H groups in total. The molecule has 1 aliphatic heterocycles. The van der Waals surface area contributed by atoms with Gasteiger partial charge in [0.15, 0.2) is 0 Å². The summed E-state index contributed by atoms with van der Waals surface area (Å²) < 4.78 is 77.2. The van der Waals surface area contributed by atoms with Gasteiger partial charge in [-0.1, -0.05) is 115 Å². The predicted molar refractivity (Wildman–Crippen MR) is 250 cm³/mol. The lowest BCUT2D eigenvalue weighted by Gasteiger charge is -2.09. The Morgan fingerprint density at radius 1 is 0.613 bits per heavy atom. The molecule has 0 radical (unpaired) electrons. The van der Waals surface area contributed by atoms with Gasteiger partial charge >= 0.3 is 7.12 Å². The zero-order chi connectivity index (χ0) is 44.9. The van der Waals surface area contributed by atoms with Crippen LogP contribution in [0.5, 0.6) is 0 Å². The lowest BCUT2D eigenvalue weighted by atomic mass is 9.80. The first kappa shape index (κ1) is 50.2. The number of hydrogen-bond donors (Lipinski definition) is 1. The van der Waals surface area contributed by atoms with Crippen molar-refractivity contribution in [2.45, 2.75) is 49.2 Å². The van der Waals surface area contributed by atoms with Crippen molar-refractivity contribution in [3.05, 3.63) is 168 Å². The number of halogens is 5. The van der Waals surface area contributed by atoms with E-state index in [4.69, 9.17) is 58.4 Å². The molecule has 0 saturated carbocycles. The van der Waals surface area contributed by atoms with Crippen LogP contribution in [0.3, 0.4) is 0 Å². The normalized spacial score (nSPS) is 12.2. The van der Waals surface area contributed by atoms with Crippen molar-refractivity contribution in [2.75, 3.05) is 27.8 Å². The van der Waals surface area contributed by atoms with E-state index in [1.807, 2.05) is 30.3 Å². The highest BCUT2D eigenvalue weighted by molar-refractivity contribution is 9.10. The van der Waals surface area contributed by atoms with Crippen molar-refractivity contribution in [3.8, 4) is 0 Å². The van der Waals surface area contributed by atoms with Crippen molar-refractivity contribution >= 4 is 111 Å². The minimum absolute atomic E-state index is 0.114. The molecule has 326 valence electrons. The highest BCUT2D eigenvalue weighted by Gasteiger charge is 2.30. The van der Waals surface area contributed by atoms with Gasteiger partial charge in [0.05, 0.1) is 39.4 Å². The van der Waals surface area contributed by atoms with Crippen molar-refractivity contribution in [1.29, 1.82) is 0 Å². The van der Waals surface area contributed by atoms with E-state index < -0.39 is 26.8 Å². The quantitative estimate of drug-likeness (QED) is 0.0635. The van der Waals surface area contributed by atoms with Crippen LogP contribution in [0.25, 0.3) is 0 Å². The van der Waals surface area contributed by atoms with Crippen molar-refractivity contribution in [2.24, 2.45) is 0 Å². The summed E-state index contributed by atoms with van der Waals surface area (Å²) in [7, 11) is -5.19. The SMILES string of the molecule is COCOCc1ccc(S(=O)(=O)c2cccc(Cl)c2)cc1Br.COCOCc1ccc(Sc2cccc(Cl)c2)cc1Br.O=S(=O)(c1cccc(Cl)c1)c1ccc2c(c1)B(O)OC2. The van der Waals surface area contributed by atoms with Gasteiger partial charge in [0.2, 0.25) is 19.7 Å². The lowest BCUT2D eigenvalue weighted by molar-refractivity contribution is -0.0393. The molecule has 0 atom stereocenters. The molecule has 0 bridgehead atoms. The summed E-state index contributed by atoms with van der Waals surface area (Å²) in [5.74, 6) is 0. The van der Waals surface area contributed by atoms with Gasteiger partial charge in [-0.3, -0.25) is 0 Å². The average molecular weight is 1090 g/mol. The first-order valence-electron chi connectivity index (χ1n) is 18.2. The second-order valence-corrected chi connectivity index (χ2v) is 21.1. The Hall–Kier alpha value is -2.78. The van der Waals surface area contributed by atoms with Crippen molar-refractivity contribution < 1.29 is 45.5 Å². The standard InChI is InChI=1S/C15H14BrClO4S.C15H14BrClO2S.C13H10BClO4S/c1-20-10-21-9-11-5-6-14(8-15(11)16)22(18,19)13-4-2-3-12(17)7-13;1-18-10-19-9-11-5-6-14(8-15(11)16)20-13-4-2-3-12(17)7-13;15-10-2-1-3-11(6-10)20(17,18)12-5-4-9-8-19-14(16)13(9)7-12/h2-8H,9-10H2,1H3;2-8H,9-10H2,1H3;1-7,16H,8H2. The zero-order valence-corrected chi connectivity index (χ0v) is 40.9. The number of benzene rings is 6. The van der Waals surface area contributed by atoms with Gasteiger partial charge in [-0.25, -0.2) is 16.8 Å². The van der Waals surface area contributed by atoms with Gasteiger partial charge in [-0.15, -0.1) is 0 Å². The Morgan fingerprint density at radius 3 is 1.60 bits per heavy atom. The molecule has 0 fully saturated rings.